The molecule has 1 atom stereocenters. The zero-order chi connectivity index (χ0) is 15.3. The molecule has 0 aliphatic heterocycles. The second-order valence-corrected chi connectivity index (χ2v) is 6.83. The van der Waals surface area contributed by atoms with Crippen molar-refractivity contribution < 1.29 is 19.5 Å². The van der Waals surface area contributed by atoms with Crippen LogP contribution in [0.3, 0.4) is 0 Å². The van der Waals surface area contributed by atoms with Gasteiger partial charge in [-0.2, -0.15) is 11.8 Å². The molecule has 0 unspecified atom stereocenters. The topological polar surface area (TPSA) is 86.6 Å². The molecule has 20 heavy (non-hydrogen) atoms. The van der Waals surface area contributed by atoms with Gasteiger partial charge in [-0.3, -0.25) is 14.6 Å². The number of hydrogen-bond donors (Lipinski definition) is 0. The molecule has 1 fully saturated rings. The first-order valence-corrected chi connectivity index (χ1v) is 7.95. The molecule has 0 bridgehead atoms. The number of aliphatic imine (C=N–C) groups is 1. The van der Waals surface area contributed by atoms with Crippen LogP contribution in [0.15, 0.2) is 4.99 Å². The fourth-order valence-corrected chi connectivity index (χ4v) is 2.70. The maximum absolute atomic E-state index is 11.9. The average Bonchev–Trinajstić information content (AvgIpc) is 2.29. The van der Waals surface area contributed by atoms with Crippen molar-refractivity contribution in [3.63, 3.8) is 0 Å². The van der Waals surface area contributed by atoms with Gasteiger partial charge in [-0.1, -0.05) is 13.8 Å². The minimum atomic E-state index is -1.27. The molecule has 0 spiro atoms. The Labute approximate surface area is 123 Å². The first-order valence-electron chi connectivity index (χ1n) is 6.55. The van der Waals surface area contributed by atoms with E-state index in [4.69, 9.17) is 0 Å². The normalized spacial score (nSPS) is 21.4. The monoisotopic (exact) mass is 298 g/mol. The smallest absolute Gasteiger partial charge is 0.149 e. The van der Waals surface area contributed by atoms with Crippen LogP contribution in [0.1, 0.15) is 33.1 Å². The van der Waals surface area contributed by atoms with Crippen LogP contribution < -0.4 is 5.11 Å². The summed E-state index contributed by atoms with van der Waals surface area (Å²) in [5.74, 6) is -1.89. The maximum atomic E-state index is 11.9. The molecule has 0 radical (unpaired) electrons. The lowest BCUT2D eigenvalue weighted by molar-refractivity contribution is -0.307. The molecule has 1 rings (SSSR count). The van der Waals surface area contributed by atoms with E-state index in [1.54, 1.807) is 0 Å². The molecule has 0 saturated heterocycles. The number of carboxylic acid groups (broad SMARTS) is 1. The van der Waals surface area contributed by atoms with Crippen molar-refractivity contribution in [3.05, 3.63) is 0 Å². The third-order valence-corrected chi connectivity index (χ3v) is 3.93. The van der Waals surface area contributed by atoms with Crippen LogP contribution in [0.5, 0.6) is 0 Å². The zero-order valence-corrected chi connectivity index (χ0v) is 12.9. The van der Waals surface area contributed by atoms with E-state index in [-0.39, 0.29) is 17.0 Å². The third kappa shape index (κ3) is 4.74. The SMILES string of the molecule is CSCC[C@H](N=CC1C(=O)CC(C)(C)CC1=O)C(=O)[O-]. The van der Waals surface area contributed by atoms with Crippen molar-refractivity contribution in [3.8, 4) is 0 Å². The second kappa shape index (κ2) is 7.02. The quantitative estimate of drug-likeness (QED) is 0.526. The minimum absolute atomic E-state index is 0.183. The Morgan fingerprint density at radius 3 is 2.45 bits per heavy atom. The summed E-state index contributed by atoms with van der Waals surface area (Å²) in [6.45, 7) is 3.75. The number of ketones is 2. The summed E-state index contributed by atoms with van der Waals surface area (Å²) in [5.41, 5.74) is -0.314. The lowest BCUT2D eigenvalue weighted by Crippen LogP contribution is -2.39. The highest BCUT2D eigenvalue weighted by Gasteiger charge is 2.38. The predicted octanol–water partition coefficient (Wildman–Crippen LogP) is 0.503. The van der Waals surface area contributed by atoms with Crippen molar-refractivity contribution in [2.45, 2.75) is 39.2 Å². The average molecular weight is 298 g/mol. The largest absolute Gasteiger partial charge is 0.548 e. The van der Waals surface area contributed by atoms with E-state index in [1.807, 2.05) is 20.1 Å². The summed E-state index contributed by atoms with van der Waals surface area (Å²) in [5, 5.41) is 10.9. The number of rotatable bonds is 6. The molecule has 1 saturated carbocycles. The van der Waals surface area contributed by atoms with Gasteiger partial charge in [-0.25, -0.2) is 0 Å². The molecule has 0 heterocycles. The van der Waals surface area contributed by atoms with Crippen molar-refractivity contribution in [1.29, 1.82) is 0 Å². The molecule has 0 N–H and O–H groups in total. The molecule has 1 aliphatic carbocycles. The molecular formula is C14H20NO4S-. The van der Waals surface area contributed by atoms with E-state index < -0.39 is 17.9 Å². The number of aliphatic carboxylic acids is 1. The number of carbonyl (C=O) groups is 3. The zero-order valence-electron chi connectivity index (χ0n) is 12.0. The van der Waals surface area contributed by atoms with E-state index >= 15 is 0 Å². The van der Waals surface area contributed by atoms with Crippen molar-refractivity contribution in [2.75, 3.05) is 12.0 Å². The van der Waals surface area contributed by atoms with Gasteiger partial charge >= 0.3 is 0 Å². The number of hydrogen-bond acceptors (Lipinski definition) is 6. The summed E-state index contributed by atoms with van der Waals surface area (Å²) in [6.07, 6.45) is 4.04. The van der Waals surface area contributed by atoms with E-state index in [1.165, 1.54) is 18.0 Å². The van der Waals surface area contributed by atoms with Gasteiger partial charge in [0.1, 0.15) is 17.5 Å². The Morgan fingerprint density at radius 2 is 2.00 bits per heavy atom. The Bertz CT molecular complexity index is 411. The third-order valence-electron chi connectivity index (χ3n) is 3.28. The number of Topliss-reactive ketones (excluding diaryl/α,β-unsaturated/α-hetero) is 2. The van der Waals surface area contributed by atoms with Crippen LogP contribution in [0, 0.1) is 11.3 Å². The van der Waals surface area contributed by atoms with Crippen LogP contribution >= 0.6 is 11.8 Å². The highest BCUT2D eigenvalue weighted by molar-refractivity contribution is 7.98. The van der Waals surface area contributed by atoms with Crippen LogP contribution in [0.2, 0.25) is 0 Å². The Hall–Kier alpha value is -1.17. The molecule has 0 aromatic heterocycles. The summed E-state index contributed by atoms with van der Waals surface area (Å²) < 4.78 is 0. The van der Waals surface area contributed by atoms with E-state index in [2.05, 4.69) is 4.99 Å². The fourth-order valence-electron chi connectivity index (χ4n) is 2.24. The van der Waals surface area contributed by atoms with Crippen molar-refractivity contribution >= 4 is 35.5 Å². The Kier molecular flexibility index (Phi) is 5.92. The first kappa shape index (κ1) is 16.9. The van der Waals surface area contributed by atoms with Gasteiger partial charge < -0.3 is 9.90 Å². The molecule has 1 aliphatic rings. The van der Waals surface area contributed by atoms with Gasteiger partial charge in [0.2, 0.25) is 0 Å². The standard InChI is InChI=1S/C14H21NO4S/c1-14(2)6-11(16)9(12(17)7-14)8-15-10(13(18)19)4-5-20-3/h8-10H,4-7H2,1-3H3,(H,18,19)/p-1/t10-/m0/s1. The lowest BCUT2D eigenvalue weighted by atomic mass is 9.72. The van der Waals surface area contributed by atoms with Crippen molar-refractivity contribution in [1.82, 2.24) is 0 Å². The Balaban J connectivity index is 2.74. The van der Waals surface area contributed by atoms with Crippen LogP contribution in [-0.2, 0) is 14.4 Å². The highest BCUT2D eigenvalue weighted by atomic mass is 32.2. The highest BCUT2D eigenvalue weighted by Crippen LogP contribution is 2.33. The Morgan fingerprint density at radius 1 is 1.45 bits per heavy atom. The van der Waals surface area contributed by atoms with Gasteiger partial charge in [0.05, 0.1) is 12.0 Å². The fraction of sp³-hybridized carbons (Fsp3) is 0.714. The summed E-state index contributed by atoms with van der Waals surface area (Å²) in [7, 11) is 0. The van der Waals surface area contributed by atoms with Gasteiger partial charge in [0.25, 0.3) is 0 Å². The molecule has 0 aromatic carbocycles. The van der Waals surface area contributed by atoms with Gasteiger partial charge in [0, 0.05) is 19.1 Å². The number of carbonyl (C=O) groups excluding carboxylic acids is 3. The van der Waals surface area contributed by atoms with Crippen molar-refractivity contribution in [2.24, 2.45) is 16.3 Å². The number of nitrogens with zero attached hydrogens (tertiary/aromatic N) is 1. The van der Waals surface area contributed by atoms with Crippen LogP contribution in [-0.4, -0.2) is 41.8 Å². The second-order valence-electron chi connectivity index (χ2n) is 5.84. The minimum Gasteiger partial charge on any atom is -0.548 e. The van der Waals surface area contributed by atoms with Gasteiger partial charge in [-0.15, -0.1) is 0 Å². The maximum Gasteiger partial charge on any atom is 0.149 e. The summed E-state index contributed by atoms with van der Waals surface area (Å²) >= 11 is 1.51. The van der Waals surface area contributed by atoms with E-state index in [0.29, 0.717) is 25.0 Å². The van der Waals surface area contributed by atoms with Crippen LogP contribution in [0.4, 0.5) is 0 Å². The number of thioether (sulfide) groups is 1. The molecule has 5 nitrogen and oxygen atoms in total. The predicted molar refractivity (Wildman–Crippen MR) is 76.8 cm³/mol. The molecule has 0 aromatic rings. The molecule has 6 heteroatoms. The van der Waals surface area contributed by atoms with Gasteiger partial charge in [0.15, 0.2) is 0 Å². The van der Waals surface area contributed by atoms with Crippen LogP contribution in [0.25, 0.3) is 0 Å². The molecule has 0 amide bonds. The van der Waals surface area contributed by atoms with E-state index in [0.717, 1.165) is 0 Å². The number of carboxylic acids is 1. The summed E-state index contributed by atoms with van der Waals surface area (Å²) in [4.78, 5) is 38.7. The lowest BCUT2D eigenvalue weighted by Gasteiger charge is -2.30. The van der Waals surface area contributed by atoms with E-state index in [9.17, 15) is 19.5 Å². The van der Waals surface area contributed by atoms with Gasteiger partial charge in [-0.05, 0) is 23.8 Å². The first-order chi connectivity index (χ1) is 9.26. The molecule has 112 valence electrons. The summed E-state index contributed by atoms with van der Waals surface area (Å²) in [6, 6.07) is -0.988. The molecular weight excluding hydrogens is 278 g/mol.